The van der Waals surface area contributed by atoms with Crippen LogP contribution < -0.4 is 15.4 Å². The highest BCUT2D eigenvalue weighted by Crippen LogP contribution is 2.32. The molecule has 0 saturated carbocycles. The number of nitriles is 1. The summed E-state index contributed by atoms with van der Waals surface area (Å²) in [6.07, 6.45) is 0.129. The van der Waals surface area contributed by atoms with Crippen molar-refractivity contribution in [3.63, 3.8) is 0 Å². The van der Waals surface area contributed by atoms with Crippen molar-refractivity contribution >= 4 is 34.9 Å². The zero-order chi connectivity index (χ0) is 37.9. The highest BCUT2D eigenvalue weighted by molar-refractivity contribution is 5.96. The predicted molar refractivity (Wildman–Crippen MR) is 178 cm³/mol. The fraction of sp³-hybridized carbons (Fsp3) is 0.371. The van der Waals surface area contributed by atoms with Crippen LogP contribution in [-0.2, 0) is 14.3 Å². The Bertz CT molecular complexity index is 2080. The first-order chi connectivity index (χ1) is 25.3. The van der Waals surface area contributed by atoms with Crippen molar-refractivity contribution in [2.75, 3.05) is 51.3 Å². The predicted octanol–water partition coefficient (Wildman–Crippen LogP) is 4.39. The third kappa shape index (κ3) is 7.99. The zero-order valence-electron chi connectivity index (χ0n) is 28.3. The number of piperidine rings is 1. The summed E-state index contributed by atoms with van der Waals surface area (Å²) in [5.41, 5.74) is 2.22. The van der Waals surface area contributed by atoms with Crippen molar-refractivity contribution in [3.05, 3.63) is 71.7 Å². The Morgan fingerprint density at radius 1 is 1.06 bits per heavy atom. The maximum absolute atomic E-state index is 15.0. The number of ether oxygens (including phenoxy) is 2. The standard InChI is InChI=1S/C35H33F5N8O5/c1-20-16-22(45-30-31-44-17-26(48(31)14-10-43-30)25-4-5-27(52-15-8-41)29(37)28(25)36)2-3-24(20)33(50)46-11-6-21(7-12-46)32(49)47-13-9-42-23(18-47)19-53-34(51)35(38,39)40/h2-5,10,14,16-17,21,23,42H,6-7,9,11-13,15,18-19H2,1H3,(H,43,45). The van der Waals surface area contributed by atoms with E-state index in [1.807, 2.05) is 0 Å². The van der Waals surface area contributed by atoms with E-state index >= 15 is 4.39 Å². The van der Waals surface area contributed by atoms with Gasteiger partial charge in [-0.05, 0) is 55.7 Å². The van der Waals surface area contributed by atoms with Crippen LogP contribution in [0.1, 0.15) is 28.8 Å². The van der Waals surface area contributed by atoms with Gasteiger partial charge < -0.3 is 29.9 Å². The number of esters is 1. The van der Waals surface area contributed by atoms with Crippen LogP contribution in [-0.4, -0.2) is 100 Å². The fourth-order valence-corrected chi connectivity index (χ4v) is 6.43. The quantitative estimate of drug-likeness (QED) is 0.187. The molecule has 1 unspecified atom stereocenters. The molecule has 6 rings (SSSR count). The molecule has 0 spiro atoms. The summed E-state index contributed by atoms with van der Waals surface area (Å²) in [7, 11) is 0. The molecule has 0 aliphatic carbocycles. The van der Waals surface area contributed by atoms with Crippen LogP contribution >= 0.6 is 0 Å². The minimum atomic E-state index is -5.09. The van der Waals surface area contributed by atoms with Gasteiger partial charge in [0.1, 0.15) is 12.7 Å². The Kier molecular flexibility index (Phi) is 10.7. The number of fused-ring (bicyclic) bond motifs is 1. The number of likely N-dealkylation sites (tertiary alicyclic amines) is 1. The number of anilines is 2. The molecule has 1 atom stereocenters. The van der Waals surface area contributed by atoms with E-state index in [9.17, 15) is 31.9 Å². The van der Waals surface area contributed by atoms with Gasteiger partial charge in [0.2, 0.25) is 11.7 Å². The molecule has 4 heterocycles. The van der Waals surface area contributed by atoms with Crippen LogP contribution in [0.25, 0.3) is 16.9 Å². The summed E-state index contributed by atoms with van der Waals surface area (Å²) in [5, 5.41) is 14.8. The Morgan fingerprint density at radius 3 is 2.55 bits per heavy atom. The second-order valence-electron chi connectivity index (χ2n) is 12.6. The molecule has 18 heteroatoms. The maximum atomic E-state index is 15.0. The second kappa shape index (κ2) is 15.4. The maximum Gasteiger partial charge on any atom is 0.490 e. The number of rotatable bonds is 9. The molecule has 2 aromatic carbocycles. The third-order valence-corrected chi connectivity index (χ3v) is 9.11. The number of carbonyl (C=O) groups is 3. The largest absolute Gasteiger partial charge is 0.490 e. The first kappa shape index (κ1) is 36.9. The van der Waals surface area contributed by atoms with E-state index in [1.165, 1.54) is 28.9 Å². The SMILES string of the molecule is Cc1cc(Nc2nccn3c(-c4ccc(OCC#N)c(F)c4F)cnc23)ccc1C(=O)N1CCC(C(=O)N2CCNC(COC(=O)C(F)(F)F)C2)CC1. The fourth-order valence-electron chi connectivity index (χ4n) is 6.43. The number of halogens is 5. The molecule has 2 fully saturated rings. The lowest BCUT2D eigenvalue weighted by atomic mass is 9.94. The van der Waals surface area contributed by atoms with Crippen molar-refractivity contribution in [1.82, 2.24) is 29.5 Å². The molecule has 0 bridgehead atoms. The number of alkyl halides is 3. The van der Waals surface area contributed by atoms with E-state index in [1.54, 1.807) is 47.2 Å². The van der Waals surface area contributed by atoms with Crippen molar-refractivity contribution in [3.8, 4) is 23.1 Å². The summed E-state index contributed by atoms with van der Waals surface area (Å²) in [4.78, 5) is 49.8. The van der Waals surface area contributed by atoms with E-state index in [-0.39, 0.29) is 41.3 Å². The van der Waals surface area contributed by atoms with Gasteiger partial charge in [0.15, 0.2) is 29.6 Å². The second-order valence-corrected chi connectivity index (χ2v) is 12.6. The number of benzene rings is 2. The lowest BCUT2D eigenvalue weighted by molar-refractivity contribution is -0.200. The first-order valence-electron chi connectivity index (χ1n) is 16.6. The summed E-state index contributed by atoms with van der Waals surface area (Å²) in [5.74, 6) is -5.45. The van der Waals surface area contributed by atoms with E-state index in [0.29, 0.717) is 67.3 Å². The molecule has 2 aliphatic rings. The Balaban J connectivity index is 1.06. The molecule has 2 aromatic heterocycles. The number of aryl methyl sites for hydroxylation is 1. The van der Waals surface area contributed by atoms with E-state index in [0.717, 1.165) is 0 Å². The molecule has 4 aromatic rings. The van der Waals surface area contributed by atoms with Gasteiger partial charge in [0.05, 0.1) is 17.9 Å². The van der Waals surface area contributed by atoms with Gasteiger partial charge in [-0.2, -0.15) is 22.8 Å². The van der Waals surface area contributed by atoms with Crippen LogP contribution in [0.5, 0.6) is 5.75 Å². The third-order valence-electron chi connectivity index (χ3n) is 9.11. The van der Waals surface area contributed by atoms with Crippen LogP contribution in [0.3, 0.4) is 0 Å². The van der Waals surface area contributed by atoms with Crippen LogP contribution in [0.2, 0.25) is 0 Å². The van der Waals surface area contributed by atoms with Crippen molar-refractivity contribution in [2.45, 2.75) is 32.0 Å². The van der Waals surface area contributed by atoms with Crippen LogP contribution in [0.15, 0.2) is 48.9 Å². The van der Waals surface area contributed by atoms with Crippen molar-refractivity contribution in [1.29, 1.82) is 5.26 Å². The van der Waals surface area contributed by atoms with Gasteiger partial charge in [0, 0.05) is 67.8 Å². The molecular formula is C35H33F5N8O5. The topological polar surface area (TPSA) is 154 Å². The highest BCUT2D eigenvalue weighted by Gasteiger charge is 2.41. The van der Waals surface area contributed by atoms with E-state index in [4.69, 9.17) is 10.00 Å². The lowest BCUT2D eigenvalue weighted by Gasteiger charge is -2.38. The van der Waals surface area contributed by atoms with Crippen molar-refractivity contribution < 1.29 is 45.8 Å². The molecular weight excluding hydrogens is 707 g/mol. The first-order valence-corrected chi connectivity index (χ1v) is 16.6. The molecule has 278 valence electrons. The zero-order valence-corrected chi connectivity index (χ0v) is 28.3. The van der Waals surface area contributed by atoms with Crippen LogP contribution in [0, 0.1) is 35.8 Å². The number of amides is 2. The molecule has 0 radical (unpaired) electrons. The Morgan fingerprint density at radius 2 is 1.83 bits per heavy atom. The normalized spacial score (nSPS) is 16.7. The Hall–Kier alpha value is -5.83. The number of nitrogens with zero attached hydrogens (tertiary/aromatic N) is 6. The number of piperazine rings is 1. The van der Waals surface area contributed by atoms with Gasteiger partial charge in [0.25, 0.3) is 5.91 Å². The molecule has 2 amide bonds. The minimum Gasteiger partial charge on any atom is -0.476 e. The Labute approximate surface area is 299 Å². The summed E-state index contributed by atoms with van der Waals surface area (Å²) in [6, 6.07) is 8.79. The monoisotopic (exact) mass is 740 g/mol. The number of hydrogen-bond donors (Lipinski definition) is 2. The molecule has 53 heavy (non-hydrogen) atoms. The van der Waals surface area contributed by atoms with Gasteiger partial charge in [-0.15, -0.1) is 0 Å². The smallest absolute Gasteiger partial charge is 0.476 e. The summed E-state index contributed by atoms with van der Waals surface area (Å²) < 4.78 is 78.0. The average molecular weight is 741 g/mol. The van der Waals surface area contributed by atoms with Crippen LogP contribution in [0.4, 0.5) is 33.5 Å². The number of hydrogen-bond acceptors (Lipinski definition) is 10. The summed E-state index contributed by atoms with van der Waals surface area (Å²) in [6.45, 7) is 2.30. The number of carbonyl (C=O) groups excluding carboxylic acids is 3. The van der Waals surface area contributed by atoms with Crippen molar-refractivity contribution in [2.24, 2.45) is 5.92 Å². The van der Waals surface area contributed by atoms with Gasteiger partial charge >= 0.3 is 12.1 Å². The number of nitrogens with one attached hydrogen (secondary N) is 2. The van der Waals surface area contributed by atoms with Gasteiger partial charge in [-0.3, -0.25) is 14.0 Å². The molecule has 13 nitrogen and oxygen atoms in total. The van der Waals surface area contributed by atoms with E-state index < -0.39 is 43.0 Å². The number of imidazole rings is 1. The summed E-state index contributed by atoms with van der Waals surface area (Å²) >= 11 is 0. The van der Waals surface area contributed by atoms with E-state index in [2.05, 4.69) is 25.3 Å². The van der Waals surface area contributed by atoms with Gasteiger partial charge in [-0.25, -0.2) is 19.2 Å². The number of aromatic nitrogens is 3. The molecule has 2 saturated heterocycles. The van der Waals surface area contributed by atoms with Gasteiger partial charge in [-0.1, -0.05) is 0 Å². The minimum absolute atomic E-state index is 0.0758. The molecule has 2 aliphatic heterocycles. The highest BCUT2D eigenvalue weighted by atomic mass is 19.4. The molecule has 2 N–H and O–H groups in total. The lowest BCUT2D eigenvalue weighted by Crippen LogP contribution is -2.56. The average Bonchev–Trinajstić information content (AvgIpc) is 3.58.